The van der Waals surface area contributed by atoms with E-state index < -0.39 is 11.2 Å². The Morgan fingerprint density at radius 3 is 1.43 bits per heavy atom. The first kappa shape index (κ1) is 18.6. The standard InChI is InChI=1S/C26H24O2/c1-25(2,27)15-13-17-5-7-19-9-10-20-8-6-18(14-16-26(3,4)28)22-12-11-21(17)23(19)24(20)22/h5-12,17-18,27-28H,1-4H3/t17-,18+. The van der Waals surface area contributed by atoms with Gasteiger partial charge in [0.1, 0.15) is 11.2 Å². The van der Waals surface area contributed by atoms with Gasteiger partial charge in [-0.15, -0.1) is 0 Å². The molecule has 0 fully saturated rings. The average Bonchev–Trinajstić information content (AvgIpc) is 2.62. The van der Waals surface area contributed by atoms with Crippen LogP contribution >= 0.6 is 0 Å². The summed E-state index contributed by atoms with van der Waals surface area (Å²) >= 11 is 0. The van der Waals surface area contributed by atoms with Gasteiger partial charge in [0.05, 0.1) is 11.8 Å². The highest BCUT2D eigenvalue weighted by Gasteiger charge is 2.24. The quantitative estimate of drug-likeness (QED) is 0.667. The Morgan fingerprint density at radius 2 is 1.07 bits per heavy atom. The first-order chi connectivity index (χ1) is 13.1. The highest BCUT2D eigenvalue weighted by Crippen LogP contribution is 2.42. The molecule has 0 aromatic heterocycles. The summed E-state index contributed by atoms with van der Waals surface area (Å²) in [5, 5.41) is 22.4. The molecular formula is C26H24O2. The number of aliphatic hydroxyl groups is 2. The second kappa shape index (κ2) is 6.39. The van der Waals surface area contributed by atoms with Crippen LogP contribution in [0, 0.1) is 23.7 Å². The number of hydrogen-bond acceptors (Lipinski definition) is 2. The van der Waals surface area contributed by atoms with Gasteiger partial charge >= 0.3 is 0 Å². The summed E-state index contributed by atoms with van der Waals surface area (Å²) in [6.45, 7) is 6.80. The molecule has 2 heteroatoms. The molecule has 140 valence electrons. The molecule has 2 aromatic rings. The van der Waals surface area contributed by atoms with Crippen molar-refractivity contribution in [2.24, 2.45) is 0 Å². The second-order valence-corrected chi connectivity index (χ2v) is 8.57. The minimum absolute atomic E-state index is 0.0463. The van der Waals surface area contributed by atoms with Gasteiger partial charge in [0, 0.05) is 0 Å². The van der Waals surface area contributed by atoms with Crippen LogP contribution < -0.4 is 0 Å². The van der Waals surface area contributed by atoms with Gasteiger partial charge in [0.15, 0.2) is 0 Å². The summed E-state index contributed by atoms with van der Waals surface area (Å²) in [4.78, 5) is 0. The largest absolute Gasteiger partial charge is 0.378 e. The zero-order valence-corrected chi connectivity index (χ0v) is 16.7. The van der Waals surface area contributed by atoms with Crippen molar-refractivity contribution in [1.29, 1.82) is 0 Å². The molecule has 2 aromatic carbocycles. The Morgan fingerprint density at radius 1 is 0.679 bits per heavy atom. The zero-order valence-electron chi connectivity index (χ0n) is 16.7. The van der Waals surface area contributed by atoms with Gasteiger partial charge in [0.2, 0.25) is 0 Å². The van der Waals surface area contributed by atoms with Crippen LogP contribution in [0.2, 0.25) is 0 Å². The van der Waals surface area contributed by atoms with Gasteiger partial charge in [-0.3, -0.25) is 0 Å². The normalized spacial score (nSPS) is 19.6. The van der Waals surface area contributed by atoms with Gasteiger partial charge in [-0.1, -0.05) is 72.3 Å². The molecule has 0 bridgehead atoms. The maximum Gasteiger partial charge on any atom is 0.119 e. The predicted molar refractivity (Wildman–Crippen MR) is 116 cm³/mol. The van der Waals surface area contributed by atoms with Crippen molar-refractivity contribution in [3.8, 4) is 23.7 Å². The van der Waals surface area contributed by atoms with Crippen molar-refractivity contribution in [2.75, 3.05) is 0 Å². The molecule has 2 atom stereocenters. The van der Waals surface area contributed by atoms with Crippen LogP contribution in [0.4, 0.5) is 0 Å². The molecular weight excluding hydrogens is 344 g/mol. The van der Waals surface area contributed by atoms with Crippen molar-refractivity contribution in [3.63, 3.8) is 0 Å². The van der Waals surface area contributed by atoms with E-state index >= 15 is 0 Å². The molecule has 0 aliphatic heterocycles. The summed E-state index contributed by atoms with van der Waals surface area (Å²) in [5.74, 6) is 12.3. The number of hydrogen-bond donors (Lipinski definition) is 2. The van der Waals surface area contributed by atoms with E-state index in [-0.39, 0.29) is 11.8 Å². The van der Waals surface area contributed by atoms with E-state index in [9.17, 15) is 10.2 Å². The number of benzene rings is 2. The first-order valence-corrected chi connectivity index (χ1v) is 9.58. The highest BCUT2D eigenvalue weighted by molar-refractivity contribution is 6.04. The molecule has 2 aliphatic rings. The molecule has 0 saturated carbocycles. The summed E-state index contributed by atoms with van der Waals surface area (Å²) in [5.41, 5.74) is 2.67. The first-order valence-electron chi connectivity index (χ1n) is 9.58. The second-order valence-electron chi connectivity index (χ2n) is 8.57. The van der Waals surface area contributed by atoms with Crippen LogP contribution in [0.1, 0.15) is 61.8 Å². The number of allylic oxidation sites excluding steroid dienone is 2. The fourth-order valence-electron chi connectivity index (χ4n) is 3.77. The van der Waals surface area contributed by atoms with Gasteiger partial charge in [0.25, 0.3) is 0 Å². The minimum Gasteiger partial charge on any atom is -0.378 e. The monoisotopic (exact) mass is 368 g/mol. The van der Waals surface area contributed by atoms with Gasteiger partial charge in [-0.2, -0.15) is 0 Å². The van der Waals surface area contributed by atoms with E-state index in [4.69, 9.17) is 0 Å². The Labute approximate surface area is 166 Å². The molecule has 0 spiro atoms. The third kappa shape index (κ3) is 3.50. The Balaban J connectivity index is 1.90. The Hall–Kier alpha value is -2.78. The SMILES string of the molecule is CC(C)(O)C#C[C@@H]1C=Cc2ccc3c4c(ccc1c24)[C@@H](C#CC(C)(C)O)C=C3. The lowest BCUT2D eigenvalue weighted by Crippen LogP contribution is -2.15. The van der Waals surface area contributed by atoms with E-state index in [0.29, 0.717) is 0 Å². The lowest BCUT2D eigenvalue weighted by Gasteiger charge is -2.25. The fourth-order valence-corrected chi connectivity index (χ4v) is 3.77. The van der Waals surface area contributed by atoms with Gasteiger partial charge in [-0.25, -0.2) is 0 Å². The predicted octanol–water partition coefficient (Wildman–Crippen LogP) is 4.61. The molecule has 0 amide bonds. The van der Waals surface area contributed by atoms with Crippen molar-refractivity contribution in [3.05, 3.63) is 58.7 Å². The van der Waals surface area contributed by atoms with Crippen LogP contribution in [-0.2, 0) is 0 Å². The minimum atomic E-state index is -1.01. The zero-order chi connectivity index (χ0) is 20.1. The summed E-state index contributed by atoms with van der Waals surface area (Å²) < 4.78 is 0. The smallest absolute Gasteiger partial charge is 0.119 e. The summed E-state index contributed by atoms with van der Waals surface area (Å²) in [7, 11) is 0. The third-order valence-corrected chi connectivity index (χ3v) is 4.96. The van der Waals surface area contributed by atoms with Crippen LogP contribution in [0.25, 0.3) is 22.9 Å². The van der Waals surface area contributed by atoms with E-state index in [1.165, 1.54) is 33.0 Å². The lowest BCUT2D eigenvalue weighted by molar-refractivity contribution is 0.143. The van der Waals surface area contributed by atoms with Crippen molar-refractivity contribution < 1.29 is 10.2 Å². The summed E-state index contributed by atoms with van der Waals surface area (Å²) in [6.07, 6.45) is 8.44. The molecule has 2 aliphatic carbocycles. The molecule has 28 heavy (non-hydrogen) atoms. The van der Waals surface area contributed by atoms with Gasteiger partial charge < -0.3 is 10.2 Å². The number of rotatable bonds is 0. The van der Waals surface area contributed by atoms with Crippen LogP contribution in [-0.4, -0.2) is 21.4 Å². The Kier molecular flexibility index (Phi) is 4.24. The van der Waals surface area contributed by atoms with E-state index in [1.807, 2.05) is 0 Å². The van der Waals surface area contributed by atoms with Crippen LogP contribution in [0.3, 0.4) is 0 Å². The molecule has 0 heterocycles. The van der Waals surface area contributed by atoms with E-state index in [0.717, 1.165) is 0 Å². The van der Waals surface area contributed by atoms with Gasteiger partial charge in [-0.05, 0) is 60.7 Å². The van der Waals surface area contributed by atoms with Crippen LogP contribution in [0.15, 0.2) is 36.4 Å². The molecule has 0 radical (unpaired) electrons. The van der Waals surface area contributed by atoms with E-state index in [2.05, 4.69) is 72.3 Å². The topological polar surface area (TPSA) is 40.5 Å². The molecule has 2 nitrogen and oxygen atoms in total. The molecule has 0 saturated heterocycles. The van der Waals surface area contributed by atoms with Crippen molar-refractivity contribution >= 4 is 22.9 Å². The van der Waals surface area contributed by atoms with Crippen molar-refractivity contribution in [2.45, 2.75) is 50.7 Å². The lowest BCUT2D eigenvalue weighted by atomic mass is 9.78. The molecule has 2 N–H and O–H groups in total. The third-order valence-electron chi connectivity index (χ3n) is 4.96. The summed E-state index contributed by atoms with van der Waals surface area (Å²) in [6, 6.07) is 8.56. The highest BCUT2D eigenvalue weighted by atomic mass is 16.3. The Bertz CT molecular complexity index is 1050. The maximum absolute atomic E-state index is 9.99. The van der Waals surface area contributed by atoms with E-state index in [1.54, 1.807) is 27.7 Å². The molecule has 4 rings (SSSR count). The van der Waals surface area contributed by atoms with Crippen molar-refractivity contribution in [1.82, 2.24) is 0 Å². The maximum atomic E-state index is 9.99. The molecule has 0 unspecified atom stereocenters. The average molecular weight is 368 g/mol. The van der Waals surface area contributed by atoms with Crippen LogP contribution in [0.5, 0.6) is 0 Å². The fraction of sp³-hybridized carbons (Fsp3) is 0.308.